The van der Waals surface area contributed by atoms with E-state index in [0.717, 1.165) is 10.8 Å². The van der Waals surface area contributed by atoms with E-state index in [9.17, 15) is 9.90 Å². The number of hydrogen-bond acceptors (Lipinski definition) is 3. The van der Waals surface area contributed by atoms with Gasteiger partial charge in [-0.05, 0) is 18.4 Å². The number of aromatic hydroxyl groups is 1. The standard InChI is InChI=1S/C14H11N3O2/c1-9-15-13(18)12(14(19)16-9)17-7-6-10-4-2-3-5-11(10)8-17/h2-8H,1H3,(H-,15,16,18,19)/p+1. The Morgan fingerprint density at radius 1 is 1.21 bits per heavy atom. The number of pyridine rings is 1. The summed E-state index contributed by atoms with van der Waals surface area (Å²) < 4.78 is 1.57. The van der Waals surface area contributed by atoms with E-state index in [0.29, 0.717) is 5.82 Å². The summed E-state index contributed by atoms with van der Waals surface area (Å²) in [6.45, 7) is 1.62. The van der Waals surface area contributed by atoms with E-state index in [2.05, 4.69) is 9.97 Å². The molecule has 5 heteroatoms. The highest BCUT2D eigenvalue weighted by Crippen LogP contribution is 2.13. The van der Waals surface area contributed by atoms with Crippen molar-refractivity contribution in [2.24, 2.45) is 0 Å². The quantitative estimate of drug-likeness (QED) is 0.641. The molecule has 2 N–H and O–H groups in total. The summed E-state index contributed by atoms with van der Waals surface area (Å²) in [6, 6.07) is 9.68. The first-order valence-electron chi connectivity index (χ1n) is 5.85. The second-order valence-electron chi connectivity index (χ2n) is 4.30. The fraction of sp³-hybridized carbons (Fsp3) is 0.0714. The number of rotatable bonds is 1. The molecule has 2 aromatic heterocycles. The Morgan fingerprint density at radius 3 is 2.68 bits per heavy atom. The van der Waals surface area contributed by atoms with Gasteiger partial charge in [0.15, 0.2) is 12.4 Å². The second-order valence-corrected chi connectivity index (χ2v) is 4.30. The average molecular weight is 254 g/mol. The molecular formula is C14H12N3O2+. The number of aromatic amines is 1. The fourth-order valence-corrected chi connectivity index (χ4v) is 2.07. The SMILES string of the molecule is Cc1nc(O)c(-[n+]2ccc3ccccc3c2)c(=O)[nH]1. The predicted octanol–water partition coefficient (Wildman–Crippen LogP) is 1.21. The van der Waals surface area contributed by atoms with Crippen LogP contribution < -0.4 is 10.1 Å². The van der Waals surface area contributed by atoms with Gasteiger partial charge in [0.05, 0.1) is 0 Å². The Kier molecular flexibility index (Phi) is 2.52. The van der Waals surface area contributed by atoms with Gasteiger partial charge in [0, 0.05) is 11.5 Å². The predicted molar refractivity (Wildman–Crippen MR) is 70.3 cm³/mol. The van der Waals surface area contributed by atoms with Crippen LogP contribution in [0.15, 0.2) is 47.5 Å². The van der Waals surface area contributed by atoms with Crippen molar-refractivity contribution in [2.75, 3.05) is 0 Å². The molecule has 0 spiro atoms. The highest BCUT2D eigenvalue weighted by Gasteiger charge is 2.19. The topological polar surface area (TPSA) is 69.9 Å². The normalized spacial score (nSPS) is 10.8. The van der Waals surface area contributed by atoms with Gasteiger partial charge in [-0.3, -0.25) is 4.79 Å². The van der Waals surface area contributed by atoms with Crippen LogP contribution in [0.2, 0.25) is 0 Å². The molecule has 3 rings (SSSR count). The maximum atomic E-state index is 11.9. The zero-order valence-electron chi connectivity index (χ0n) is 10.3. The molecule has 3 aromatic rings. The van der Waals surface area contributed by atoms with E-state index in [4.69, 9.17) is 0 Å². The van der Waals surface area contributed by atoms with Crippen molar-refractivity contribution in [3.63, 3.8) is 0 Å². The van der Waals surface area contributed by atoms with Gasteiger partial charge >= 0.3 is 11.2 Å². The summed E-state index contributed by atoms with van der Waals surface area (Å²) in [6.07, 6.45) is 3.51. The number of H-pyrrole nitrogens is 1. The lowest BCUT2D eigenvalue weighted by Gasteiger charge is -2.00. The zero-order valence-corrected chi connectivity index (χ0v) is 10.3. The summed E-state index contributed by atoms with van der Waals surface area (Å²) in [7, 11) is 0. The lowest BCUT2D eigenvalue weighted by molar-refractivity contribution is -0.596. The molecule has 0 unspecified atom stereocenters. The Hall–Kier alpha value is -2.69. The molecular weight excluding hydrogens is 242 g/mol. The number of nitrogens with one attached hydrogen (secondary N) is 1. The molecule has 0 saturated heterocycles. The first kappa shape index (κ1) is 11.4. The molecule has 0 aliphatic carbocycles. The van der Waals surface area contributed by atoms with Crippen LogP contribution in [0, 0.1) is 6.92 Å². The van der Waals surface area contributed by atoms with Crippen LogP contribution in [0.25, 0.3) is 16.5 Å². The average Bonchev–Trinajstić information content (AvgIpc) is 2.37. The fourth-order valence-electron chi connectivity index (χ4n) is 2.07. The van der Waals surface area contributed by atoms with Crippen LogP contribution in [0.5, 0.6) is 5.88 Å². The monoisotopic (exact) mass is 254 g/mol. The van der Waals surface area contributed by atoms with Crippen LogP contribution in [-0.2, 0) is 0 Å². The molecule has 0 amide bonds. The third-order valence-corrected chi connectivity index (χ3v) is 2.94. The van der Waals surface area contributed by atoms with E-state index in [1.54, 1.807) is 23.9 Å². The summed E-state index contributed by atoms with van der Waals surface area (Å²) in [4.78, 5) is 18.4. The summed E-state index contributed by atoms with van der Waals surface area (Å²) >= 11 is 0. The van der Waals surface area contributed by atoms with Gasteiger partial charge in [-0.1, -0.05) is 18.2 Å². The molecule has 1 aromatic carbocycles. The lowest BCUT2D eigenvalue weighted by atomic mass is 10.2. The minimum absolute atomic E-state index is 0.122. The largest absolute Gasteiger partial charge is 0.488 e. The van der Waals surface area contributed by atoms with Crippen molar-refractivity contribution in [3.05, 3.63) is 58.9 Å². The van der Waals surface area contributed by atoms with Crippen molar-refractivity contribution in [1.82, 2.24) is 9.97 Å². The molecule has 94 valence electrons. The van der Waals surface area contributed by atoms with E-state index in [1.165, 1.54) is 0 Å². The summed E-state index contributed by atoms with van der Waals surface area (Å²) in [5.74, 6) is 0.106. The summed E-state index contributed by atoms with van der Waals surface area (Å²) in [5, 5.41) is 11.9. The van der Waals surface area contributed by atoms with E-state index >= 15 is 0 Å². The van der Waals surface area contributed by atoms with Crippen LogP contribution in [0.4, 0.5) is 0 Å². The molecule has 0 saturated carbocycles. The molecule has 0 fully saturated rings. The van der Waals surface area contributed by atoms with Gasteiger partial charge in [0.2, 0.25) is 0 Å². The van der Waals surface area contributed by atoms with Crippen molar-refractivity contribution < 1.29 is 9.67 Å². The third-order valence-electron chi connectivity index (χ3n) is 2.94. The molecule has 19 heavy (non-hydrogen) atoms. The number of hydrogen-bond donors (Lipinski definition) is 2. The van der Waals surface area contributed by atoms with Gasteiger partial charge in [-0.2, -0.15) is 9.55 Å². The first-order valence-corrected chi connectivity index (χ1v) is 5.85. The lowest BCUT2D eigenvalue weighted by Crippen LogP contribution is -2.37. The second kappa shape index (κ2) is 4.20. The Bertz CT molecular complexity index is 824. The van der Waals surface area contributed by atoms with Crippen molar-refractivity contribution in [2.45, 2.75) is 6.92 Å². The molecule has 5 nitrogen and oxygen atoms in total. The van der Waals surface area contributed by atoms with Gasteiger partial charge in [0.1, 0.15) is 5.82 Å². The number of fused-ring (bicyclic) bond motifs is 1. The highest BCUT2D eigenvalue weighted by molar-refractivity contribution is 5.80. The van der Waals surface area contributed by atoms with Crippen molar-refractivity contribution in [1.29, 1.82) is 0 Å². The third kappa shape index (κ3) is 1.95. The molecule has 0 radical (unpaired) electrons. The Labute approximate surface area is 108 Å². The first-order chi connectivity index (χ1) is 9.15. The van der Waals surface area contributed by atoms with E-state index in [-0.39, 0.29) is 17.1 Å². The van der Waals surface area contributed by atoms with Crippen molar-refractivity contribution in [3.8, 4) is 11.6 Å². The van der Waals surface area contributed by atoms with Crippen LogP contribution in [-0.4, -0.2) is 15.1 Å². The minimum Gasteiger partial charge on any atom is -0.488 e. The Morgan fingerprint density at radius 2 is 1.95 bits per heavy atom. The van der Waals surface area contributed by atoms with Gasteiger partial charge in [-0.25, -0.2) is 0 Å². The van der Waals surface area contributed by atoms with Gasteiger partial charge in [0.25, 0.3) is 5.88 Å². The Balaban J connectivity index is 2.28. The highest BCUT2D eigenvalue weighted by atomic mass is 16.3. The zero-order chi connectivity index (χ0) is 13.4. The molecule has 0 aliphatic heterocycles. The van der Waals surface area contributed by atoms with Crippen LogP contribution in [0.3, 0.4) is 0 Å². The number of benzene rings is 1. The molecule has 0 bridgehead atoms. The number of aryl methyl sites for hydroxylation is 1. The summed E-state index contributed by atoms with van der Waals surface area (Å²) in [5.41, 5.74) is -0.248. The van der Waals surface area contributed by atoms with Crippen LogP contribution in [0.1, 0.15) is 5.82 Å². The molecule has 0 atom stereocenters. The number of aromatic nitrogens is 3. The van der Waals surface area contributed by atoms with E-state index in [1.807, 2.05) is 30.3 Å². The molecule has 2 heterocycles. The van der Waals surface area contributed by atoms with Crippen molar-refractivity contribution >= 4 is 10.8 Å². The van der Waals surface area contributed by atoms with Gasteiger partial charge in [-0.15, -0.1) is 0 Å². The maximum Gasteiger partial charge on any atom is 0.338 e. The molecule has 0 aliphatic rings. The maximum absolute atomic E-state index is 11.9. The smallest absolute Gasteiger partial charge is 0.338 e. The number of nitrogens with zero attached hydrogens (tertiary/aromatic N) is 2. The van der Waals surface area contributed by atoms with Gasteiger partial charge < -0.3 is 10.1 Å². The minimum atomic E-state index is -0.370. The van der Waals surface area contributed by atoms with Crippen LogP contribution >= 0.6 is 0 Å². The van der Waals surface area contributed by atoms with E-state index < -0.39 is 0 Å².